The summed E-state index contributed by atoms with van der Waals surface area (Å²) in [6.07, 6.45) is 5.09. The lowest BCUT2D eigenvalue weighted by Gasteiger charge is -2.34. The fraction of sp³-hybridized carbons (Fsp3) is 0.333. The first-order chi connectivity index (χ1) is 11.2. The van der Waals surface area contributed by atoms with Crippen molar-refractivity contribution < 1.29 is 4.79 Å². The summed E-state index contributed by atoms with van der Waals surface area (Å²) in [6, 6.07) is 3.74. The van der Waals surface area contributed by atoms with Crippen molar-refractivity contribution in [3.05, 3.63) is 52.8 Å². The van der Waals surface area contributed by atoms with E-state index < -0.39 is 0 Å². The van der Waals surface area contributed by atoms with Crippen molar-refractivity contribution >= 4 is 17.2 Å². The maximum absolute atomic E-state index is 12.6. The van der Waals surface area contributed by atoms with Crippen LogP contribution in [0.15, 0.2) is 36.4 Å². The smallest absolute Gasteiger partial charge is 0.264 e. The van der Waals surface area contributed by atoms with Crippen LogP contribution >= 0.6 is 11.3 Å². The number of imidazole rings is 1. The molecule has 23 heavy (non-hydrogen) atoms. The highest BCUT2D eigenvalue weighted by atomic mass is 32.1. The van der Waals surface area contributed by atoms with Gasteiger partial charge in [-0.15, -0.1) is 11.3 Å². The minimum absolute atomic E-state index is 0.0390. The lowest BCUT2D eigenvalue weighted by Crippen LogP contribution is -2.41. The van der Waals surface area contributed by atoms with Gasteiger partial charge in [0.2, 0.25) is 0 Å². The number of nitrogens with zero attached hydrogens (tertiary/aromatic N) is 6. The largest absolute Gasteiger partial charge is 0.327 e. The van der Waals surface area contributed by atoms with Gasteiger partial charge in [0, 0.05) is 13.1 Å². The van der Waals surface area contributed by atoms with Crippen LogP contribution < -0.4 is 0 Å². The molecule has 0 saturated heterocycles. The van der Waals surface area contributed by atoms with Gasteiger partial charge < -0.3 is 9.47 Å². The summed E-state index contributed by atoms with van der Waals surface area (Å²) < 4.78 is 3.96. The van der Waals surface area contributed by atoms with Gasteiger partial charge >= 0.3 is 0 Å². The van der Waals surface area contributed by atoms with Crippen LogP contribution in [0.2, 0.25) is 0 Å². The number of hydrogen-bond donors (Lipinski definition) is 0. The summed E-state index contributed by atoms with van der Waals surface area (Å²) in [5, 5.41) is 6.07. The van der Waals surface area contributed by atoms with E-state index >= 15 is 0 Å². The van der Waals surface area contributed by atoms with E-state index in [-0.39, 0.29) is 11.9 Å². The summed E-state index contributed by atoms with van der Waals surface area (Å²) >= 11 is 1.48. The fourth-order valence-electron chi connectivity index (χ4n) is 2.99. The number of amides is 1. The van der Waals surface area contributed by atoms with Gasteiger partial charge in [-0.05, 0) is 18.4 Å². The number of carbonyl (C=O) groups is 1. The summed E-state index contributed by atoms with van der Waals surface area (Å²) in [5.41, 5.74) is 1.08. The lowest BCUT2D eigenvalue weighted by molar-refractivity contribution is 0.0641. The second-order valence-corrected chi connectivity index (χ2v) is 6.45. The number of hydrogen-bond acceptors (Lipinski definition) is 5. The van der Waals surface area contributed by atoms with E-state index in [1.807, 2.05) is 35.5 Å². The Balaban J connectivity index is 1.59. The van der Waals surface area contributed by atoms with Crippen molar-refractivity contribution in [3.8, 4) is 0 Å². The summed E-state index contributed by atoms with van der Waals surface area (Å²) in [4.78, 5) is 23.8. The van der Waals surface area contributed by atoms with E-state index in [4.69, 9.17) is 0 Å². The summed E-state index contributed by atoms with van der Waals surface area (Å²) in [5.74, 6) is 1.01. The Kier molecular flexibility index (Phi) is 3.45. The quantitative estimate of drug-likeness (QED) is 0.735. The van der Waals surface area contributed by atoms with Gasteiger partial charge in [-0.2, -0.15) is 5.10 Å². The molecular formula is C15H16N6OS. The zero-order chi connectivity index (χ0) is 15.8. The van der Waals surface area contributed by atoms with Crippen molar-refractivity contribution in [1.29, 1.82) is 0 Å². The Bertz CT molecular complexity index is 807. The van der Waals surface area contributed by atoms with Crippen LogP contribution in [0.1, 0.15) is 34.2 Å². The second-order valence-electron chi connectivity index (χ2n) is 5.50. The Morgan fingerprint density at radius 1 is 1.43 bits per heavy atom. The van der Waals surface area contributed by atoms with Gasteiger partial charge in [0.05, 0.1) is 29.4 Å². The van der Waals surface area contributed by atoms with E-state index in [0.29, 0.717) is 13.1 Å². The molecule has 0 radical (unpaired) electrons. The Morgan fingerprint density at radius 3 is 3.09 bits per heavy atom. The molecule has 118 valence electrons. The number of rotatable bonds is 3. The van der Waals surface area contributed by atoms with Gasteiger partial charge in [-0.25, -0.2) is 14.6 Å². The zero-order valence-corrected chi connectivity index (χ0v) is 13.5. The molecule has 0 saturated carbocycles. The number of aromatic nitrogens is 5. The minimum atomic E-state index is -0.0390. The molecule has 1 aliphatic heterocycles. The SMILES string of the molecule is C[C@@H]1c2ncc(Cn3cncn3)n2CCN1C(=O)c1cccs1. The highest BCUT2D eigenvalue weighted by Crippen LogP contribution is 2.28. The molecule has 0 N–H and O–H groups in total. The fourth-order valence-corrected chi connectivity index (χ4v) is 3.66. The number of carbonyl (C=O) groups excluding carboxylic acids is 1. The van der Waals surface area contributed by atoms with Gasteiger partial charge in [-0.1, -0.05) is 6.07 Å². The molecule has 0 aromatic carbocycles. The molecule has 1 amide bonds. The van der Waals surface area contributed by atoms with Crippen molar-refractivity contribution in [2.45, 2.75) is 26.1 Å². The van der Waals surface area contributed by atoms with Gasteiger partial charge in [-0.3, -0.25) is 4.79 Å². The van der Waals surface area contributed by atoms with Crippen LogP contribution in [0.4, 0.5) is 0 Å². The standard InChI is InChI=1S/C15H16N6OS/c1-11-14-17-7-12(8-19-10-16-9-18-19)21(14)5-4-20(11)15(22)13-3-2-6-23-13/h2-3,6-7,9-11H,4-5,8H2,1H3/t11-/m1/s1. The topological polar surface area (TPSA) is 68.8 Å². The maximum Gasteiger partial charge on any atom is 0.264 e. The molecule has 8 heteroatoms. The van der Waals surface area contributed by atoms with Crippen LogP contribution in [0.3, 0.4) is 0 Å². The van der Waals surface area contributed by atoms with E-state index in [0.717, 1.165) is 22.9 Å². The second kappa shape index (κ2) is 5.62. The number of fused-ring (bicyclic) bond motifs is 1. The molecule has 3 aromatic rings. The van der Waals surface area contributed by atoms with E-state index in [1.165, 1.54) is 17.7 Å². The highest BCUT2D eigenvalue weighted by Gasteiger charge is 2.31. The molecule has 0 unspecified atom stereocenters. The molecule has 3 aromatic heterocycles. The van der Waals surface area contributed by atoms with Crippen molar-refractivity contribution in [2.75, 3.05) is 6.54 Å². The van der Waals surface area contributed by atoms with Crippen LogP contribution in [0.5, 0.6) is 0 Å². The zero-order valence-electron chi connectivity index (χ0n) is 12.7. The molecular weight excluding hydrogens is 312 g/mol. The molecule has 7 nitrogen and oxygen atoms in total. The van der Waals surface area contributed by atoms with Crippen LogP contribution in [-0.2, 0) is 13.1 Å². The minimum Gasteiger partial charge on any atom is -0.327 e. The molecule has 4 heterocycles. The van der Waals surface area contributed by atoms with Crippen LogP contribution in [-0.4, -0.2) is 41.7 Å². The molecule has 1 aliphatic rings. The predicted octanol–water partition coefficient (Wildman–Crippen LogP) is 1.80. The molecule has 4 rings (SSSR count). The van der Waals surface area contributed by atoms with Gasteiger partial charge in [0.25, 0.3) is 5.91 Å². The first-order valence-electron chi connectivity index (χ1n) is 7.45. The molecule has 0 aliphatic carbocycles. The van der Waals surface area contributed by atoms with Gasteiger partial charge in [0.1, 0.15) is 18.5 Å². The van der Waals surface area contributed by atoms with Crippen molar-refractivity contribution in [2.24, 2.45) is 0 Å². The summed E-state index contributed by atoms with van der Waals surface area (Å²) in [7, 11) is 0. The third-order valence-electron chi connectivity index (χ3n) is 4.16. The Hall–Kier alpha value is -2.48. The van der Waals surface area contributed by atoms with Crippen molar-refractivity contribution in [3.63, 3.8) is 0 Å². The molecule has 0 fully saturated rings. The first kappa shape index (κ1) is 14.1. The molecule has 0 spiro atoms. The Labute approximate surface area is 137 Å². The predicted molar refractivity (Wildman–Crippen MR) is 85.1 cm³/mol. The first-order valence-corrected chi connectivity index (χ1v) is 8.33. The van der Waals surface area contributed by atoms with E-state index in [2.05, 4.69) is 19.6 Å². The van der Waals surface area contributed by atoms with E-state index in [1.54, 1.807) is 11.0 Å². The van der Waals surface area contributed by atoms with E-state index in [9.17, 15) is 4.79 Å². The van der Waals surface area contributed by atoms with Crippen molar-refractivity contribution in [1.82, 2.24) is 29.2 Å². The van der Waals surface area contributed by atoms with Crippen LogP contribution in [0, 0.1) is 0 Å². The molecule has 1 atom stereocenters. The van der Waals surface area contributed by atoms with Gasteiger partial charge in [0.15, 0.2) is 0 Å². The average Bonchev–Trinajstić information content (AvgIpc) is 3.30. The third-order valence-corrected chi connectivity index (χ3v) is 5.02. The molecule has 0 bridgehead atoms. The lowest BCUT2D eigenvalue weighted by atomic mass is 10.2. The summed E-state index contributed by atoms with van der Waals surface area (Å²) in [6.45, 7) is 4.10. The Morgan fingerprint density at radius 2 is 2.35 bits per heavy atom. The number of thiophene rings is 1. The highest BCUT2D eigenvalue weighted by molar-refractivity contribution is 7.12. The maximum atomic E-state index is 12.6. The van der Waals surface area contributed by atoms with Crippen LogP contribution in [0.25, 0.3) is 0 Å². The normalized spacial score (nSPS) is 17.3. The third kappa shape index (κ3) is 2.44. The monoisotopic (exact) mass is 328 g/mol. The average molecular weight is 328 g/mol.